The molecule has 3 rings (SSSR count). The molecule has 3 heterocycles. The second-order valence-corrected chi connectivity index (χ2v) is 8.38. The van der Waals surface area contributed by atoms with Crippen LogP contribution < -0.4 is 10.6 Å². The van der Waals surface area contributed by atoms with Crippen LogP contribution in [0.3, 0.4) is 0 Å². The van der Waals surface area contributed by atoms with Crippen molar-refractivity contribution in [2.75, 3.05) is 29.5 Å². The lowest BCUT2D eigenvalue weighted by atomic mass is 10.1. The molecule has 1 fully saturated rings. The Morgan fingerprint density at radius 1 is 1.24 bits per heavy atom. The molecule has 2 N–H and O–H groups in total. The highest BCUT2D eigenvalue weighted by molar-refractivity contribution is 8.00. The van der Waals surface area contributed by atoms with Gasteiger partial charge in [-0.25, -0.2) is 0 Å². The van der Waals surface area contributed by atoms with E-state index in [0.717, 1.165) is 30.0 Å². The molecule has 2 aromatic heterocycles. The van der Waals surface area contributed by atoms with Crippen LogP contribution in [0.2, 0.25) is 0 Å². The molecule has 2 aromatic rings. The Labute approximate surface area is 133 Å². The predicted octanol–water partition coefficient (Wildman–Crippen LogP) is 3.51. The maximum Gasteiger partial charge on any atom is 0.147 e. The van der Waals surface area contributed by atoms with Gasteiger partial charge < -0.3 is 10.6 Å². The molecule has 6 heteroatoms. The van der Waals surface area contributed by atoms with Crippen LogP contribution in [0.1, 0.15) is 20.3 Å². The normalized spacial score (nSPS) is 18.5. The summed E-state index contributed by atoms with van der Waals surface area (Å²) in [4.78, 5) is 6.52. The van der Waals surface area contributed by atoms with Gasteiger partial charge in [0.05, 0.1) is 5.56 Å². The lowest BCUT2D eigenvalue weighted by Gasteiger charge is -2.23. The summed E-state index contributed by atoms with van der Waals surface area (Å²) in [6, 6.07) is 4.00. The zero-order chi connectivity index (χ0) is 14.9. The van der Waals surface area contributed by atoms with Gasteiger partial charge in [-0.3, -0.25) is 4.98 Å². The summed E-state index contributed by atoms with van der Waals surface area (Å²) in [5, 5.41) is 1.19. The van der Waals surface area contributed by atoms with Crippen LogP contribution in [0.15, 0.2) is 24.5 Å². The molecule has 0 saturated carbocycles. The van der Waals surface area contributed by atoms with Crippen LogP contribution >= 0.6 is 23.3 Å². The Bertz CT molecular complexity index is 609. The fourth-order valence-corrected chi connectivity index (χ4v) is 4.51. The molecule has 0 atom stereocenters. The van der Waals surface area contributed by atoms with Crippen molar-refractivity contribution >= 4 is 34.1 Å². The third-order valence-corrected chi connectivity index (χ3v) is 6.09. The van der Waals surface area contributed by atoms with Gasteiger partial charge in [0.1, 0.15) is 10.8 Å². The Hall–Kier alpha value is -1.27. The smallest absolute Gasteiger partial charge is 0.147 e. The second kappa shape index (κ2) is 5.85. The van der Waals surface area contributed by atoms with Crippen LogP contribution in [-0.2, 0) is 0 Å². The molecule has 1 aliphatic rings. The van der Waals surface area contributed by atoms with Gasteiger partial charge in [0.15, 0.2) is 0 Å². The molecule has 1 aliphatic heterocycles. The lowest BCUT2D eigenvalue weighted by molar-refractivity contribution is 0.639. The van der Waals surface area contributed by atoms with Crippen molar-refractivity contribution in [3.05, 3.63) is 24.5 Å². The molecule has 4 nitrogen and oxygen atoms in total. The van der Waals surface area contributed by atoms with Crippen molar-refractivity contribution in [3.63, 3.8) is 0 Å². The van der Waals surface area contributed by atoms with Gasteiger partial charge in [-0.2, -0.15) is 16.1 Å². The number of nitrogens with two attached hydrogens (primary N) is 1. The highest BCUT2D eigenvalue weighted by Gasteiger charge is 2.26. The van der Waals surface area contributed by atoms with E-state index in [1.54, 1.807) is 12.4 Å². The van der Waals surface area contributed by atoms with Crippen molar-refractivity contribution in [1.29, 1.82) is 0 Å². The Morgan fingerprint density at radius 2 is 2.00 bits per heavy atom. The van der Waals surface area contributed by atoms with E-state index in [-0.39, 0.29) is 0 Å². The number of nitrogens with zero attached hydrogens (tertiary/aromatic N) is 3. The molecule has 0 bridgehead atoms. The van der Waals surface area contributed by atoms with Crippen molar-refractivity contribution in [2.45, 2.75) is 25.0 Å². The number of anilines is 2. The SMILES string of the molecule is CC1(C)CCN(c2snc(N)c2-c2ccncc2)CCS1. The highest BCUT2D eigenvalue weighted by atomic mass is 32.2. The first-order valence-electron chi connectivity index (χ1n) is 7.11. The Balaban J connectivity index is 1.93. The summed E-state index contributed by atoms with van der Waals surface area (Å²) in [6.45, 7) is 6.76. The first-order valence-corrected chi connectivity index (χ1v) is 8.87. The fourth-order valence-electron chi connectivity index (χ4n) is 2.52. The maximum atomic E-state index is 6.12. The minimum Gasteiger partial charge on any atom is -0.382 e. The van der Waals surface area contributed by atoms with Gasteiger partial charge in [0.2, 0.25) is 0 Å². The van der Waals surface area contributed by atoms with Crippen LogP contribution in [0.25, 0.3) is 11.1 Å². The molecule has 1 saturated heterocycles. The van der Waals surface area contributed by atoms with Gasteiger partial charge in [0.25, 0.3) is 0 Å². The molecular formula is C15H20N4S2. The third kappa shape index (κ3) is 3.16. The molecule has 21 heavy (non-hydrogen) atoms. The van der Waals surface area contributed by atoms with Crippen LogP contribution in [0.4, 0.5) is 10.8 Å². The standard InChI is InChI=1S/C15H20N4S2/c1-15(2)5-8-19(9-10-20-15)14-12(13(16)18-21-14)11-3-6-17-7-4-11/h3-4,6-7H,5,8-10H2,1-2H3,(H2,16,18). The number of hydrogen-bond donors (Lipinski definition) is 1. The van der Waals surface area contributed by atoms with Crippen molar-refractivity contribution in [2.24, 2.45) is 0 Å². The van der Waals surface area contributed by atoms with Gasteiger partial charge in [-0.05, 0) is 35.6 Å². The molecule has 112 valence electrons. The summed E-state index contributed by atoms with van der Waals surface area (Å²) >= 11 is 3.56. The van der Waals surface area contributed by atoms with E-state index < -0.39 is 0 Å². The van der Waals surface area contributed by atoms with Gasteiger partial charge in [-0.15, -0.1) is 0 Å². The number of thioether (sulfide) groups is 1. The number of rotatable bonds is 2. The minimum atomic E-state index is 0.349. The topological polar surface area (TPSA) is 55.0 Å². The van der Waals surface area contributed by atoms with Crippen molar-refractivity contribution in [3.8, 4) is 11.1 Å². The maximum absolute atomic E-state index is 6.12. The number of aromatic nitrogens is 2. The van der Waals surface area contributed by atoms with E-state index in [1.807, 2.05) is 23.9 Å². The van der Waals surface area contributed by atoms with Crippen LogP contribution in [0.5, 0.6) is 0 Å². The molecule has 0 amide bonds. The lowest BCUT2D eigenvalue weighted by Crippen LogP contribution is -2.26. The molecule has 0 unspecified atom stereocenters. The zero-order valence-corrected chi connectivity index (χ0v) is 14.0. The zero-order valence-electron chi connectivity index (χ0n) is 12.4. The average molecular weight is 320 g/mol. The van der Waals surface area contributed by atoms with Crippen LogP contribution in [0, 0.1) is 0 Å². The predicted molar refractivity (Wildman–Crippen MR) is 93.1 cm³/mol. The average Bonchev–Trinajstić information content (AvgIpc) is 2.75. The number of hydrogen-bond acceptors (Lipinski definition) is 6. The fraction of sp³-hybridized carbons (Fsp3) is 0.467. The van der Waals surface area contributed by atoms with Gasteiger partial charge >= 0.3 is 0 Å². The van der Waals surface area contributed by atoms with E-state index in [9.17, 15) is 0 Å². The summed E-state index contributed by atoms with van der Waals surface area (Å²) in [5.74, 6) is 1.76. The van der Waals surface area contributed by atoms with Crippen LogP contribution in [-0.4, -0.2) is 32.9 Å². The summed E-state index contributed by atoms with van der Waals surface area (Å²) < 4.78 is 4.73. The molecular weight excluding hydrogens is 300 g/mol. The monoisotopic (exact) mass is 320 g/mol. The Morgan fingerprint density at radius 3 is 2.76 bits per heavy atom. The largest absolute Gasteiger partial charge is 0.382 e. The summed E-state index contributed by atoms with van der Waals surface area (Å²) in [5.41, 5.74) is 8.28. The molecule has 0 aromatic carbocycles. The molecule has 0 radical (unpaired) electrons. The molecule has 0 aliphatic carbocycles. The first kappa shape index (κ1) is 14.7. The second-order valence-electron chi connectivity index (χ2n) is 5.83. The quantitative estimate of drug-likeness (QED) is 0.917. The molecule has 0 spiro atoms. The number of pyridine rings is 1. The summed E-state index contributed by atoms with van der Waals surface area (Å²) in [7, 11) is 0. The Kier molecular flexibility index (Phi) is 4.08. The first-order chi connectivity index (χ1) is 10.1. The van der Waals surface area contributed by atoms with E-state index in [1.165, 1.54) is 23.0 Å². The minimum absolute atomic E-state index is 0.349. The van der Waals surface area contributed by atoms with Gasteiger partial charge in [0, 0.05) is 36.0 Å². The van der Waals surface area contributed by atoms with E-state index in [0.29, 0.717) is 10.6 Å². The van der Waals surface area contributed by atoms with E-state index in [4.69, 9.17) is 5.73 Å². The van der Waals surface area contributed by atoms with E-state index in [2.05, 4.69) is 28.1 Å². The third-order valence-electron chi connectivity index (χ3n) is 3.79. The van der Waals surface area contributed by atoms with E-state index >= 15 is 0 Å². The number of nitrogen functional groups attached to an aromatic ring is 1. The van der Waals surface area contributed by atoms with Gasteiger partial charge in [-0.1, -0.05) is 13.8 Å². The van der Waals surface area contributed by atoms with Crippen molar-refractivity contribution < 1.29 is 0 Å². The highest BCUT2D eigenvalue weighted by Crippen LogP contribution is 2.41. The van der Waals surface area contributed by atoms with Crippen molar-refractivity contribution in [1.82, 2.24) is 9.36 Å². The summed E-state index contributed by atoms with van der Waals surface area (Å²) in [6.07, 6.45) is 4.78.